The zero-order chi connectivity index (χ0) is 44.1. The Bertz CT molecular complexity index is 4040. The fourth-order valence-corrected chi connectivity index (χ4v) is 11.7. The number of hydrogen-bond donors (Lipinski definition) is 0. The summed E-state index contributed by atoms with van der Waals surface area (Å²) in [6.07, 6.45) is 0. The molecule has 0 fully saturated rings. The molecule has 0 saturated carbocycles. The molecule has 0 spiro atoms. The third kappa shape index (κ3) is 5.51. The topological polar surface area (TPSA) is 9.86 Å². The monoisotopic (exact) mass is 850 g/mol. The van der Waals surface area contributed by atoms with E-state index < -0.39 is 5.41 Å². The van der Waals surface area contributed by atoms with Crippen molar-refractivity contribution in [2.45, 2.75) is 5.41 Å². The molecule has 0 bridgehead atoms. The Hall–Kier alpha value is -8.72. The molecule has 67 heavy (non-hydrogen) atoms. The second-order valence-corrected chi connectivity index (χ2v) is 18.0. The minimum atomic E-state index is -0.571. The van der Waals surface area contributed by atoms with Crippen molar-refractivity contribution in [3.05, 3.63) is 277 Å². The van der Waals surface area contributed by atoms with Crippen LogP contribution in [0.5, 0.6) is 0 Å². The van der Waals surface area contributed by atoms with E-state index in [2.05, 4.69) is 264 Å². The first kappa shape index (κ1) is 37.6. The van der Waals surface area contributed by atoms with E-state index in [1.807, 2.05) is 0 Å². The zero-order valence-electron chi connectivity index (χ0n) is 36.6. The lowest BCUT2D eigenvalue weighted by atomic mass is 9.67. The summed E-state index contributed by atoms with van der Waals surface area (Å²) in [5, 5.41) is 7.48. The molecule has 2 nitrogen and oxygen atoms in total. The van der Waals surface area contributed by atoms with Gasteiger partial charge in [0, 0.05) is 32.9 Å². The van der Waals surface area contributed by atoms with Crippen LogP contribution in [0.2, 0.25) is 0 Å². The van der Waals surface area contributed by atoms with E-state index in [0.717, 1.165) is 5.69 Å². The van der Waals surface area contributed by atoms with Gasteiger partial charge in [0.2, 0.25) is 0 Å². The predicted octanol–water partition coefficient (Wildman–Crippen LogP) is 16.7. The van der Waals surface area contributed by atoms with Crippen molar-refractivity contribution >= 4 is 54.4 Å². The number of fused-ring (bicyclic) bond motifs is 11. The summed E-state index contributed by atoms with van der Waals surface area (Å²) in [6.45, 7) is 0. The molecule has 2 heteroatoms. The molecule has 312 valence electrons. The van der Waals surface area contributed by atoms with Gasteiger partial charge in [0.15, 0.2) is 0 Å². The van der Waals surface area contributed by atoms with Gasteiger partial charge in [-0.2, -0.15) is 0 Å². The van der Waals surface area contributed by atoms with Crippen molar-refractivity contribution in [1.29, 1.82) is 0 Å². The van der Waals surface area contributed by atoms with Crippen molar-refractivity contribution < 1.29 is 0 Å². The van der Waals surface area contributed by atoms with Crippen molar-refractivity contribution in [1.82, 2.24) is 9.13 Å². The quantitative estimate of drug-likeness (QED) is 0.158. The van der Waals surface area contributed by atoms with Crippen LogP contribution in [-0.2, 0) is 5.41 Å². The number of benzene rings is 11. The minimum Gasteiger partial charge on any atom is -0.309 e. The van der Waals surface area contributed by atoms with E-state index in [1.165, 1.54) is 116 Å². The molecule has 1 aliphatic rings. The molecule has 13 aromatic rings. The summed E-state index contributed by atoms with van der Waals surface area (Å²) in [5.74, 6) is 0. The lowest BCUT2D eigenvalue weighted by Crippen LogP contribution is -2.28. The van der Waals surface area contributed by atoms with Gasteiger partial charge in [-0.1, -0.05) is 194 Å². The molecule has 2 heterocycles. The maximum Gasteiger partial charge on any atom is 0.0720 e. The zero-order valence-corrected chi connectivity index (χ0v) is 36.6. The Labute approximate surface area is 388 Å². The molecular weight excluding hydrogens is 809 g/mol. The van der Waals surface area contributed by atoms with E-state index in [0.29, 0.717) is 0 Å². The average Bonchev–Trinajstić information content (AvgIpc) is 4.03. The lowest BCUT2D eigenvalue weighted by molar-refractivity contribution is 0.776. The van der Waals surface area contributed by atoms with Gasteiger partial charge in [0.1, 0.15) is 0 Å². The van der Waals surface area contributed by atoms with Gasteiger partial charge in [-0.05, 0) is 127 Å². The summed E-state index contributed by atoms with van der Waals surface area (Å²) in [6, 6.07) is 94.5. The first-order chi connectivity index (χ1) is 33.2. The Morgan fingerprint density at radius 1 is 0.284 bits per heavy atom. The van der Waals surface area contributed by atoms with Crippen LogP contribution in [0.25, 0.3) is 99.1 Å². The molecule has 0 saturated heterocycles. The lowest BCUT2D eigenvalue weighted by Gasteiger charge is -2.34. The second-order valence-electron chi connectivity index (χ2n) is 18.0. The maximum absolute atomic E-state index is 2.51. The third-order valence-corrected chi connectivity index (χ3v) is 14.5. The summed E-state index contributed by atoms with van der Waals surface area (Å²) in [4.78, 5) is 0. The Morgan fingerprint density at radius 2 is 0.836 bits per heavy atom. The normalized spacial score (nSPS) is 12.9. The van der Waals surface area contributed by atoms with Gasteiger partial charge in [-0.3, -0.25) is 0 Å². The fraction of sp³-hybridized carbons (Fsp3) is 0.0154. The first-order valence-corrected chi connectivity index (χ1v) is 23.3. The number of rotatable bonds is 6. The molecule has 14 rings (SSSR count). The number of hydrogen-bond acceptors (Lipinski definition) is 0. The van der Waals surface area contributed by atoms with Gasteiger partial charge >= 0.3 is 0 Å². The van der Waals surface area contributed by atoms with Gasteiger partial charge < -0.3 is 9.13 Å². The van der Waals surface area contributed by atoms with Crippen LogP contribution in [0.15, 0.2) is 255 Å². The molecule has 0 unspecified atom stereocenters. The van der Waals surface area contributed by atoms with Crippen LogP contribution >= 0.6 is 0 Å². The molecule has 11 aromatic carbocycles. The summed E-state index contributed by atoms with van der Waals surface area (Å²) >= 11 is 0. The smallest absolute Gasteiger partial charge is 0.0720 e. The molecule has 0 amide bonds. The van der Waals surface area contributed by atoms with E-state index in [1.54, 1.807) is 0 Å². The van der Waals surface area contributed by atoms with Gasteiger partial charge in [-0.25, -0.2) is 0 Å². The number of nitrogens with zero attached hydrogens (tertiary/aromatic N) is 2. The first-order valence-electron chi connectivity index (χ1n) is 23.3. The largest absolute Gasteiger partial charge is 0.309 e. The molecule has 0 aliphatic heterocycles. The van der Waals surface area contributed by atoms with Gasteiger partial charge in [0.05, 0.1) is 27.5 Å². The van der Waals surface area contributed by atoms with Crippen molar-refractivity contribution in [2.75, 3.05) is 0 Å². The summed E-state index contributed by atoms with van der Waals surface area (Å²) < 4.78 is 4.93. The van der Waals surface area contributed by atoms with Crippen LogP contribution in [0.3, 0.4) is 0 Å². The highest BCUT2D eigenvalue weighted by Crippen LogP contribution is 2.59. The molecule has 2 aromatic heterocycles. The molecular formula is C65H42N2. The highest BCUT2D eigenvalue weighted by molar-refractivity contribution is 6.17. The van der Waals surface area contributed by atoms with Crippen LogP contribution in [0.4, 0.5) is 0 Å². The highest BCUT2D eigenvalue weighted by atomic mass is 15.0. The molecule has 0 N–H and O–H groups in total. The predicted molar refractivity (Wildman–Crippen MR) is 281 cm³/mol. The average molecular weight is 851 g/mol. The SMILES string of the molecule is c1ccc(-c2cccc(-n3c4ccc(-c5ccc6c(c5)c5ccccc5n6-c5ccc6ccccc6c5)cc4c4c5c(ccc43)-c3ccccc3C5(c3ccccc3)c3ccccc3)c2)cc1. The van der Waals surface area contributed by atoms with Crippen molar-refractivity contribution in [2.24, 2.45) is 0 Å². The van der Waals surface area contributed by atoms with E-state index >= 15 is 0 Å². The van der Waals surface area contributed by atoms with Gasteiger partial charge in [0.25, 0.3) is 0 Å². The van der Waals surface area contributed by atoms with Crippen LogP contribution in [0, 0.1) is 0 Å². The second kappa shape index (κ2) is 14.7. The molecule has 0 atom stereocenters. The van der Waals surface area contributed by atoms with Crippen molar-refractivity contribution in [3.8, 4) is 44.8 Å². The van der Waals surface area contributed by atoms with E-state index in [9.17, 15) is 0 Å². The standard InChI is InChI=1S/C65H42N2/c1-4-17-43(18-5-1)46-21-16-26-51(39-46)67-61-37-33-48(47-32-36-60-56(41-47)54-28-13-15-30-59(54)66(60)52-34-31-44-19-10-11-20-45(44)40-52)42-57(61)63-62(67)38-35-55-53-27-12-14-29-58(53)65(64(55)63,49-22-6-2-7-23-49)50-24-8-3-9-25-50/h1-42H. The van der Waals surface area contributed by atoms with Crippen LogP contribution in [-0.4, -0.2) is 9.13 Å². The van der Waals surface area contributed by atoms with E-state index in [-0.39, 0.29) is 0 Å². The third-order valence-electron chi connectivity index (χ3n) is 14.5. The summed E-state index contributed by atoms with van der Waals surface area (Å²) in [7, 11) is 0. The highest BCUT2D eigenvalue weighted by Gasteiger charge is 2.47. The van der Waals surface area contributed by atoms with E-state index in [4.69, 9.17) is 0 Å². The minimum absolute atomic E-state index is 0.571. The Balaban J connectivity index is 1.07. The Morgan fingerprint density at radius 3 is 1.61 bits per heavy atom. The van der Waals surface area contributed by atoms with Gasteiger partial charge in [-0.15, -0.1) is 0 Å². The molecule has 1 aliphatic carbocycles. The fourth-order valence-electron chi connectivity index (χ4n) is 11.7. The molecule has 0 radical (unpaired) electrons. The summed E-state index contributed by atoms with van der Waals surface area (Å²) in [5.41, 5.74) is 19.0. The maximum atomic E-state index is 2.51. The Kier molecular flexibility index (Phi) is 8.23. The number of para-hydroxylation sites is 1. The number of aromatic nitrogens is 2. The van der Waals surface area contributed by atoms with Crippen molar-refractivity contribution in [3.63, 3.8) is 0 Å². The van der Waals surface area contributed by atoms with Crippen LogP contribution in [0.1, 0.15) is 22.3 Å². The van der Waals surface area contributed by atoms with Crippen LogP contribution < -0.4 is 0 Å².